The van der Waals surface area contributed by atoms with Gasteiger partial charge in [-0.05, 0) is 24.6 Å². The largest absolute Gasteiger partial charge is 0.416 e. The minimum atomic E-state index is -4.36. The second-order valence-electron chi connectivity index (χ2n) is 4.03. The van der Waals surface area contributed by atoms with Crippen LogP contribution in [0.5, 0.6) is 0 Å². The fourth-order valence-electron chi connectivity index (χ4n) is 1.48. The van der Waals surface area contributed by atoms with Crippen LogP contribution in [-0.4, -0.2) is 21.1 Å². The summed E-state index contributed by atoms with van der Waals surface area (Å²) in [5, 5.41) is 18.5. The van der Waals surface area contributed by atoms with Crippen molar-refractivity contribution < 1.29 is 18.3 Å². The number of rotatable bonds is 4. The van der Waals surface area contributed by atoms with Crippen molar-refractivity contribution in [2.75, 3.05) is 5.75 Å². The van der Waals surface area contributed by atoms with E-state index in [-0.39, 0.29) is 0 Å². The molecule has 3 nitrogen and oxygen atoms in total. The van der Waals surface area contributed by atoms with E-state index < -0.39 is 17.8 Å². The third-order valence-electron chi connectivity index (χ3n) is 2.49. The van der Waals surface area contributed by atoms with Gasteiger partial charge in [0.2, 0.25) is 0 Å². The Morgan fingerprint density at radius 3 is 2.40 bits per heavy atom. The van der Waals surface area contributed by atoms with Crippen LogP contribution < -0.4 is 0 Å². The molecule has 0 bridgehead atoms. The summed E-state index contributed by atoms with van der Waals surface area (Å²) < 4.78 is 38.0. The predicted octanol–water partition coefficient (Wildman–Crippen LogP) is 3.69. The smallest absolute Gasteiger partial charge is 0.388 e. The average molecular weight is 320 g/mol. The van der Waals surface area contributed by atoms with Gasteiger partial charge in [0.05, 0.1) is 11.7 Å². The van der Waals surface area contributed by atoms with Gasteiger partial charge in [0.1, 0.15) is 5.01 Å². The molecule has 1 heterocycles. The minimum Gasteiger partial charge on any atom is -0.388 e. The Morgan fingerprint density at radius 2 is 1.90 bits per heavy atom. The average Bonchev–Trinajstić information content (AvgIpc) is 2.81. The Bertz CT molecular complexity index is 569. The Morgan fingerprint density at radius 1 is 1.25 bits per heavy atom. The van der Waals surface area contributed by atoms with Gasteiger partial charge in [-0.1, -0.05) is 35.2 Å². The van der Waals surface area contributed by atoms with Crippen LogP contribution in [0.1, 0.15) is 22.2 Å². The summed E-state index contributed by atoms with van der Waals surface area (Å²) in [6, 6.07) is 4.52. The van der Waals surface area contributed by atoms with Crippen LogP contribution in [0.3, 0.4) is 0 Å². The Labute approximate surface area is 121 Å². The number of aliphatic hydroxyl groups is 1. The van der Waals surface area contributed by atoms with E-state index in [4.69, 9.17) is 0 Å². The maximum absolute atomic E-state index is 12.4. The van der Waals surface area contributed by atoms with Gasteiger partial charge in [0.15, 0.2) is 4.34 Å². The number of halogens is 3. The van der Waals surface area contributed by atoms with E-state index in [0.29, 0.717) is 11.3 Å². The number of aryl methyl sites for hydroxylation is 1. The highest BCUT2D eigenvalue weighted by Gasteiger charge is 2.30. The molecule has 0 saturated heterocycles. The van der Waals surface area contributed by atoms with E-state index >= 15 is 0 Å². The summed E-state index contributed by atoms with van der Waals surface area (Å²) in [5.74, 6) is 0.319. The first-order valence-corrected chi connectivity index (χ1v) is 7.44. The van der Waals surface area contributed by atoms with Gasteiger partial charge in [-0.25, -0.2) is 0 Å². The maximum atomic E-state index is 12.4. The van der Waals surface area contributed by atoms with Gasteiger partial charge >= 0.3 is 6.18 Å². The van der Waals surface area contributed by atoms with E-state index in [2.05, 4.69) is 10.2 Å². The Kier molecular flexibility index (Phi) is 4.66. The molecule has 1 atom stereocenters. The molecule has 1 aromatic heterocycles. The molecule has 8 heteroatoms. The van der Waals surface area contributed by atoms with E-state index in [0.717, 1.165) is 21.5 Å². The zero-order valence-corrected chi connectivity index (χ0v) is 12.0. The molecule has 0 fully saturated rings. The summed E-state index contributed by atoms with van der Waals surface area (Å²) in [6.07, 6.45) is -5.20. The van der Waals surface area contributed by atoms with E-state index in [9.17, 15) is 18.3 Å². The van der Waals surface area contributed by atoms with Crippen molar-refractivity contribution in [3.05, 3.63) is 40.4 Å². The third kappa shape index (κ3) is 3.94. The van der Waals surface area contributed by atoms with Crippen LogP contribution in [0.4, 0.5) is 13.2 Å². The number of aliphatic hydroxyl groups excluding tert-OH is 1. The van der Waals surface area contributed by atoms with Crippen LogP contribution in [0.25, 0.3) is 0 Å². The highest BCUT2D eigenvalue weighted by Crippen LogP contribution is 2.31. The normalized spacial score (nSPS) is 13.4. The molecule has 0 radical (unpaired) electrons. The lowest BCUT2D eigenvalue weighted by atomic mass is 10.1. The number of hydrogen-bond acceptors (Lipinski definition) is 5. The minimum absolute atomic E-state index is 0.319. The summed E-state index contributed by atoms with van der Waals surface area (Å²) in [5.41, 5.74) is -0.271. The van der Waals surface area contributed by atoms with Gasteiger partial charge in [-0.15, -0.1) is 10.2 Å². The Balaban J connectivity index is 1.97. The molecule has 0 aliphatic heterocycles. The molecule has 2 rings (SSSR count). The topological polar surface area (TPSA) is 46.0 Å². The molecule has 1 unspecified atom stereocenters. The molecule has 1 N–H and O–H groups in total. The molecule has 0 spiro atoms. The van der Waals surface area contributed by atoms with Crippen LogP contribution in [0.15, 0.2) is 28.6 Å². The summed E-state index contributed by atoms with van der Waals surface area (Å²) in [7, 11) is 0. The molecular weight excluding hydrogens is 309 g/mol. The molecule has 0 saturated carbocycles. The monoisotopic (exact) mass is 320 g/mol. The summed E-state index contributed by atoms with van der Waals surface area (Å²) in [4.78, 5) is 0. The number of alkyl halides is 3. The van der Waals surface area contributed by atoms with E-state index in [1.165, 1.54) is 35.2 Å². The summed E-state index contributed by atoms with van der Waals surface area (Å²) >= 11 is 2.74. The first kappa shape index (κ1) is 15.3. The third-order valence-corrected chi connectivity index (χ3v) is 4.54. The lowest BCUT2D eigenvalue weighted by molar-refractivity contribution is -0.137. The van der Waals surface area contributed by atoms with Crippen molar-refractivity contribution in [3.63, 3.8) is 0 Å². The zero-order chi connectivity index (χ0) is 14.8. The highest BCUT2D eigenvalue weighted by atomic mass is 32.2. The second kappa shape index (κ2) is 6.11. The van der Waals surface area contributed by atoms with Crippen molar-refractivity contribution in [1.29, 1.82) is 0 Å². The number of benzene rings is 1. The molecule has 0 aliphatic rings. The van der Waals surface area contributed by atoms with Crippen LogP contribution >= 0.6 is 23.1 Å². The molecule has 0 amide bonds. The number of nitrogens with zero attached hydrogens (tertiary/aromatic N) is 2. The zero-order valence-electron chi connectivity index (χ0n) is 10.4. The molecule has 0 aliphatic carbocycles. The van der Waals surface area contributed by atoms with Gasteiger partial charge < -0.3 is 5.11 Å². The molecule has 108 valence electrons. The number of thioether (sulfide) groups is 1. The van der Waals surface area contributed by atoms with Crippen molar-refractivity contribution in [2.24, 2.45) is 0 Å². The van der Waals surface area contributed by atoms with Crippen molar-refractivity contribution >= 4 is 23.1 Å². The van der Waals surface area contributed by atoms with Gasteiger partial charge in [0, 0.05) is 5.75 Å². The van der Waals surface area contributed by atoms with Gasteiger partial charge in [0.25, 0.3) is 0 Å². The van der Waals surface area contributed by atoms with Crippen LogP contribution in [-0.2, 0) is 6.18 Å². The SMILES string of the molecule is Cc1nnc(SCC(O)c2ccc(C(F)(F)F)cc2)s1. The number of aromatic nitrogens is 2. The second-order valence-corrected chi connectivity index (χ2v) is 6.48. The van der Waals surface area contributed by atoms with Gasteiger partial charge in [-0.2, -0.15) is 13.2 Å². The Hall–Kier alpha value is -1.12. The highest BCUT2D eigenvalue weighted by molar-refractivity contribution is 8.01. The standard InChI is InChI=1S/C12H11F3N2OS2/c1-7-16-17-11(20-7)19-6-10(18)8-2-4-9(5-3-8)12(13,14)15/h2-5,10,18H,6H2,1H3. The molecular formula is C12H11F3N2OS2. The molecule has 1 aromatic carbocycles. The number of hydrogen-bond donors (Lipinski definition) is 1. The van der Waals surface area contributed by atoms with Crippen LogP contribution in [0, 0.1) is 6.92 Å². The quantitative estimate of drug-likeness (QED) is 0.873. The fourth-order valence-corrected chi connectivity index (χ4v) is 3.29. The first-order chi connectivity index (χ1) is 9.36. The first-order valence-electron chi connectivity index (χ1n) is 5.64. The summed E-state index contributed by atoms with van der Waals surface area (Å²) in [6.45, 7) is 1.83. The van der Waals surface area contributed by atoms with E-state index in [1.54, 1.807) is 0 Å². The predicted molar refractivity (Wildman–Crippen MR) is 71.8 cm³/mol. The lowest BCUT2D eigenvalue weighted by Crippen LogP contribution is -2.06. The van der Waals surface area contributed by atoms with Crippen molar-refractivity contribution in [3.8, 4) is 0 Å². The van der Waals surface area contributed by atoms with Gasteiger partial charge in [-0.3, -0.25) is 0 Å². The van der Waals surface area contributed by atoms with E-state index in [1.807, 2.05) is 6.92 Å². The fraction of sp³-hybridized carbons (Fsp3) is 0.333. The molecule has 2 aromatic rings. The molecule has 20 heavy (non-hydrogen) atoms. The lowest BCUT2D eigenvalue weighted by Gasteiger charge is -2.11. The maximum Gasteiger partial charge on any atom is 0.416 e. The van der Waals surface area contributed by atoms with Crippen molar-refractivity contribution in [1.82, 2.24) is 10.2 Å². The van der Waals surface area contributed by atoms with Crippen LogP contribution in [0.2, 0.25) is 0 Å². The van der Waals surface area contributed by atoms with Crippen molar-refractivity contribution in [2.45, 2.75) is 23.5 Å².